The molecule has 1 fully saturated rings. The Morgan fingerprint density at radius 2 is 2.19 bits per heavy atom. The number of halogens is 1. The highest BCUT2D eigenvalue weighted by molar-refractivity contribution is 5.85. The van der Waals surface area contributed by atoms with E-state index in [1.807, 2.05) is 19.1 Å². The second-order valence-electron chi connectivity index (χ2n) is 6.64. The first-order chi connectivity index (χ1) is 12.5. The van der Waals surface area contributed by atoms with Crippen molar-refractivity contribution in [2.24, 2.45) is 5.92 Å². The number of hydrogen-bond donors (Lipinski definition) is 3. The summed E-state index contributed by atoms with van der Waals surface area (Å²) in [4.78, 5) is 24.4. The zero-order valence-electron chi connectivity index (χ0n) is 15.4. The van der Waals surface area contributed by atoms with E-state index < -0.39 is 11.7 Å². The van der Waals surface area contributed by atoms with Crippen molar-refractivity contribution in [1.29, 1.82) is 0 Å². The largest absolute Gasteiger partial charge is 0.497 e. The lowest BCUT2D eigenvalue weighted by atomic mass is 10.0. The van der Waals surface area contributed by atoms with Crippen molar-refractivity contribution in [1.82, 2.24) is 10.6 Å². The predicted molar refractivity (Wildman–Crippen MR) is 105 cm³/mol. The molecular formula is C19H25ClN2O5. The summed E-state index contributed by atoms with van der Waals surface area (Å²) < 4.78 is 10.5. The van der Waals surface area contributed by atoms with Crippen molar-refractivity contribution in [2.45, 2.75) is 25.9 Å². The minimum absolute atomic E-state index is 0. The van der Waals surface area contributed by atoms with E-state index in [9.17, 15) is 14.7 Å². The van der Waals surface area contributed by atoms with Crippen LogP contribution in [0.1, 0.15) is 17.5 Å². The Morgan fingerprint density at radius 1 is 1.41 bits per heavy atom. The number of ether oxygens (including phenoxy) is 1. The first kappa shape index (κ1) is 21.2. The zero-order valence-corrected chi connectivity index (χ0v) is 16.2. The van der Waals surface area contributed by atoms with Crippen LogP contribution < -0.4 is 21.0 Å². The highest BCUT2D eigenvalue weighted by Crippen LogP contribution is 2.24. The van der Waals surface area contributed by atoms with Gasteiger partial charge in [0.2, 0.25) is 5.91 Å². The Labute approximate surface area is 163 Å². The molecular weight excluding hydrogens is 372 g/mol. The number of benzene rings is 1. The number of methoxy groups -OCH3 is 1. The molecule has 1 amide bonds. The molecule has 8 heteroatoms. The number of carbonyl (C=O) groups is 1. The summed E-state index contributed by atoms with van der Waals surface area (Å²) >= 11 is 0. The summed E-state index contributed by atoms with van der Waals surface area (Å²) in [5.41, 5.74) is 1.39. The van der Waals surface area contributed by atoms with Crippen molar-refractivity contribution >= 4 is 29.3 Å². The minimum Gasteiger partial charge on any atom is -0.497 e. The predicted octanol–water partition coefficient (Wildman–Crippen LogP) is 1.16. The van der Waals surface area contributed by atoms with Crippen molar-refractivity contribution in [2.75, 3.05) is 26.7 Å². The third kappa shape index (κ3) is 4.80. The Morgan fingerprint density at radius 3 is 2.85 bits per heavy atom. The molecule has 0 radical (unpaired) electrons. The van der Waals surface area contributed by atoms with Gasteiger partial charge in [-0.05, 0) is 31.0 Å². The summed E-state index contributed by atoms with van der Waals surface area (Å²) in [6, 6.07) is 5.35. The van der Waals surface area contributed by atoms with E-state index in [1.165, 1.54) is 0 Å². The lowest BCUT2D eigenvalue weighted by molar-refractivity contribution is -0.121. The molecule has 2 heterocycles. The molecule has 1 aromatic heterocycles. The molecule has 1 aliphatic rings. The van der Waals surface area contributed by atoms with Crippen LogP contribution in [0.25, 0.3) is 11.0 Å². The van der Waals surface area contributed by atoms with Gasteiger partial charge in [-0.3, -0.25) is 4.79 Å². The van der Waals surface area contributed by atoms with Crippen molar-refractivity contribution in [3.63, 3.8) is 0 Å². The molecule has 7 nitrogen and oxygen atoms in total. The quantitative estimate of drug-likeness (QED) is 0.633. The van der Waals surface area contributed by atoms with E-state index in [2.05, 4.69) is 10.6 Å². The summed E-state index contributed by atoms with van der Waals surface area (Å²) in [5.74, 6) is 0.509. The third-order valence-corrected chi connectivity index (χ3v) is 4.96. The van der Waals surface area contributed by atoms with Crippen LogP contribution in [0.3, 0.4) is 0 Å². The topological polar surface area (TPSA) is 101 Å². The lowest BCUT2D eigenvalue weighted by Crippen LogP contribution is -2.34. The van der Waals surface area contributed by atoms with Gasteiger partial charge in [0.1, 0.15) is 11.3 Å². The number of aliphatic hydroxyl groups excluding tert-OH is 1. The average Bonchev–Trinajstić information content (AvgIpc) is 3.04. The number of β-amino-alcohol motifs (C(OH)–C–C–N with tert-alkyl or cyclic N) is 1. The summed E-state index contributed by atoms with van der Waals surface area (Å²) in [7, 11) is 1.56. The molecule has 2 aromatic rings. The van der Waals surface area contributed by atoms with Gasteiger partial charge in [0, 0.05) is 49.0 Å². The van der Waals surface area contributed by atoms with Crippen LogP contribution >= 0.6 is 12.4 Å². The maximum atomic E-state index is 12.3. The van der Waals surface area contributed by atoms with E-state index in [4.69, 9.17) is 9.15 Å². The van der Waals surface area contributed by atoms with E-state index in [0.717, 1.165) is 10.9 Å². The molecule has 0 spiro atoms. The Bertz CT molecular complexity index is 867. The monoisotopic (exact) mass is 396 g/mol. The number of amides is 1. The molecule has 2 unspecified atom stereocenters. The molecule has 0 bridgehead atoms. The maximum Gasteiger partial charge on any atom is 0.339 e. The summed E-state index contributed by atoms with van der Waals surface area (Å²) in [6.45, 7) is 3.54. The number of hydrogen-bond acceptors (Lipinski definition) is 6. The summed E-state index contributed by atoms with van der Waals surface area (Å²) in [5, 5.41) is 16.5. The minimum atomic E-state index is -0.429. The standard InChI is InChI=1S/C19H24N2O5.ClH/c1-11-14-4-3-13(25-2)7-17(14)26-19(24)15(11)5-6-18(23)21-9-12-8-20-10-16(12)22;/h3-4,7,12,16,20,22H,5-6,8-10H2,1-2H3,(H,21,23);1H. The second-order valence-corrected chi connectivity index (χ2v) is 6.64. The average molecular weight is 397 g/mol. The van der Waals surface area contributed by atoms with Crippen LogP contribution in [-0.4, -0.2) is 43.9 Å². The van der Waals surface area contributed by atoms with E-state index >= 15 is 0 Å². The molecule has 27 heavy (non-hydrogen) atoms. The SMILES string of the molecule is COc1ccc2c(C)c(CCC(=O)NCC3CNCC3O)c(=O)oc2c1.Cl. The molecule has 3 rings (SSSR count). The number of aliphatic hydroxyl groups is 1. The Balaban J connectivity index is 0.00000261. The highest BCUT2D eigenvalue weighted by atomic mass is 35.5. The van der Waals surface area contributed by atoms with E-state index in [0.29, 0.717) is 43.0 Å². The lowest BCUT2D eigenvalue weighted by Gasteiger charge is -2.14. The van der Waals surface area contributed by atoms with Gasteiger partial charge in [-0.1, -0.05) is 0 Å². The van der Waals surface area contributed by atoms with Crippen molar-refractivity contribution in [3.05, 3.63) is 39.7 Å². The molecule has 0 saturated carbocycles. The molecule has 3 N–H and O–H groups in total. The number of nitrogens with one attached hydrogen (secondary N) is 2. The van der Waals surface area contributed by atoms with Gasteiger partial charge in [-0.25, -0.2) is 4.79 Å². The van der Waals surface area contributed by atoms with Crippen LogP contribution in [0, 0.1) is 12.8 Å². The smallest absolute Gasteiger partial charge is 0.339 e. The second kappa shape index (κ2) is 9.21. The molecule has 2 atom stereocenters. The first-order valence-corrected chi connectivity index (χ1v) is 8.75. The number of aryl methyl sites for hydroxylation is 1. The normalized spacial score (nSPS) is 18.9. The van der Waals surface area contributed by atoms with Crippen molar-refractivity contribution < 1.29 is 19.1 Å². The Hall–Kier alpha value is -2.09. The van der Waals surface area contributed by atoms with Crippen LogP contribution in [0.4, 0.5) is 0 Å². The Kier molecular flexibility index (Phi) is 7.24. The molecule has 1 aliphatic heterocycles. The van der Waals surface area contributed by atoms with Gasteiger partial charge < -0.3 is 24.9 Å². The van der Waals surface area contributed by atoms with Crippen molar-refractivity contribution in [3.8, 4) is 5.75 Å². The first-order valence-electron chi connectivity index (χ1n) is 8.75. The summed E-state index contributed by atoms with van der Waals surface area (Å²) in [6.07, 6.45) is 0.0822. The molecule has 1 saturated heterocycles. The number of rotatable bonds is 6. The highest BCUT2D eigenvalue weighted by Gasteiger charge is 2.25. The fourth-order valence-corrected chi connectivity index (χ4v) is 3.29. The van der Waals surface area contributed by atoms with Crippen LogP contribution in [0.15, 0.2) is 27.4 Å². The molecule has 0 aliphatic carbocycles. The molecule has 148 valence electrons. The van der Waals surface area contributed by atoms with Gasteiger partial charge in [-0.2, -0.15) is 0 Å². The molecule has 1 aromatic carbocycles. The maximum absolute atomic E-state index is 12.3. The number of carbonyl (C=O) groups excluding carboxylic acids is 1. The van der Waals surface area contributed by atoms with Gasteiger partial charge >= 0.3 is 5.63 Å². The zero-order chi connectivity index (χ0) is 18.7. The van der Waals surface area contributed by atoms with Gasteiger partial charge in [0.15, 0.2) is 0 Å². The van der Waals surface area contributed by atoms with Gasteiger partial charge in [-0.15, -0.1) is 12.4 Å². The fourth-order valence-electron chi connectivity index (χ4n) is 3.29. The van der Waals surface area contributed by atoms with E-state index in [-0.39, 0.29) is 30.7 Å². The van der Waals surface area contributed by atoms with Gasteiger partial charge in [0.25, 0.3) is 0 Å². The van der Waals surface area contributed by atoms with Crippen LogP contribution in [0.5, 0.6) is 5.75 Å². The van der Waals surface area contributed by atoms with E-state index in [1.54, 1.807) is 13.2 Å². The van der Waals surface area contributed by atoms with Crippen LogP contribution in [0.2, 0.25) is 0 Å². The third-order valence-electron chi connectivity index (χ3n) is 4.96. The van der Waals surface area contributed by atoms with Gasteiger partial charge in [0.05, 0.1) is 13.2 Å². The number of fused-ring (bicyclic) bond motifs is 1. The fraction of sp³-hybridized carbons (Fsp3) is 0.474. The van der Waals surface area contributed by atoms with Crippen LogP contribution in [-0.2, 0) is 11.2 Å².